The predicted molar refractivity (Wildman–Crippen MR) is 107 cm³/mol. The fourth-order valence-corrected chi connectivity index (χ4v) is 3.66. The Kier molecular flexibility index (Phi) is 5.99. The van der Waals surface area contributed by atoms with E-state index in [0.29, 0.717) is 5.57 Å². The Hall–Kier alpha value is -2.70. The van der Waals surface area contributed by atoms with Crippen LogP contribution in [0.25, 0.3) is 11.6 Å². The molecule has 0 aliphatic heterocycles. The summed E-state index contributed by atoms with van der Waals surface area (Å²) in [5, 5.41) is 3.85. The number of thiophene rings is 2. The third-order valence-electron chi connectivity index (χ3n) is 3.68. The van der Waals surface area contributed by atoms with Crippen molar-refractivity contribution in [2.24, 2.45) is 0 Å². The number of carbonyl (C=O) groups excluding carboxylic acids is 2. The molecule has 2 aromatic heterocycles. The maximum Gasteiger partial charge on any atom is 0.340 e. The molecule has 6 heteroatoms. The van der Waals surface area contributed by atoms with Crippen molar-refractivity contribution in [2.45, 2.75) is 0 Å². The Bertz CT molecular complexity index is 885. The molecule has 132 valence electrons. The van der Waals surface area contributed by atoms with E-state index in [1.54, 1.807) is 13.1 Å². The van der Waals surface area contributed by atoms with Gasteiger partial charge < -0.3 is 9.64 Å². The number of carbonyl (C=O) groups is 2. The number of amides is 1. The monoisotopic (exact) mass is 383 g/mol. The largest absolute Gasteiger partial charge is 0.452 e. The molecule has 0 bridgehead atoms. The van der Waals surface area contributed by atoms with Gasteiger partial charge in [-0.1, -0.05) is 30.3 Å². The molecule has 0 atom stereocenters. The molecule has 2 heterocycles. The van der Waals surface area contributed by atoms with Gasteiger partial charge >= 0.3 is 5.97 Å². The zero-order chi connectivity index (χ0) is 18.4. The minimum absolute atomic E-state index is 0.286. The summed E-state index contributed by atoms with van der Waals surface area (Å²) in [6, 6.07) is 16.8. The highest BCUT2D eigenvalue weighted by atomic mass is 32.1. The summed E-state index contributed by atoms with van der Waals surface area (Å²) >= 11 is 3.00. The highest BCUT2D eigenvalue weighted by Gasteiger charge is 2.18. The van der Waals surface area contributed by atoms with Gasteiger partial charge in [-0.25, -0.2) is 4.79 Å². The van der Waals surface area contributed by atoms with Crippen LogP contribution in [-0.2, 0) is 14.3 Å². The van der Waals surface area contributed by atoms with E-state index in [2.05, 4.69) is 0 Å². The van der Waals surface area contributed by atoms with Gasteiger partial charge in [-0.15, -0.1) is 22.7 Å². The molecule has 0 saturated carbocycles. The van der Waals surface area contributed by atoms with E-state index in [1.165, 1.54) is 27.6 Å². The van der Waals surface area contributed by atoms with Crippen LogP contribution in [0.3, 0.4) is 0 Å². The molecule has 3 rings (SSSR count). The minimum Gasteiger partial charge on any atom is -0.452 e. The first-order valence-corrected chi connectivity index (χ1v) is 9.69. The maximum absolute atomic E-state index is 12.6. The lowest BCUT2D eigenvalue weighted by Gasteiger charge is -2.17. The number of rotatable bonds is 6. The number of ether oxygens (including phenoxy) is 1. The van der Waals surface area contributed by atoms with Crippen molar-refractivity contribution in [3.8, 4) is 0 Å². The smallest absolute Gasteiger partial charge is 0.340 e. The lowest BCUT2D eigenvalue weighted by atomic mass is 10.2. The molecule has 0 N–H and O–H groups in total. The molecule has 0 spiro atoms. The number of nitrogens with zero attached hydrogens (tertiary/aromatic N) is 1. The zero-order valence-electron chi connectivity index (χ0n) is 14.1. The summed E-state index contributed by atoms with van der Waals surface area (Å²) in [4.78, 5) is 28.1. The molecule has 0 fully saturated rings. The summed E-state index contributed by atoms with van der Waals surface area (Å²) < 4.78 is 5.29. The summed E-state index contributed by atoms with van der Waals surface area (Å²) in [5.41, 5.74) is 1.21. The predicted octanol–water partition coefficient (Wildman–Crippen LogP) is 4.56. The highest BCUT2D eigenvalue weighted by molar-refractivity contribution is 7.12. The fraction of sp³-hybridized carbons (Fsp3) is 0.100. The number of para-hydroxylation sites is 1. The van der Waals surface area contributed by atoms with Crippen LogP contribution in [0.2, 0.25) is 0 Å². The second-order valence-corrected chi connectivity index (χ2v) is 7.34. The first kappa shape index (κ1) is 18.1. The quantitative estimate of drug-likeness (QED) is 0.463. The van der Waals surface area contributed by atoms with Crippen molar-refractivity contribution in [3.05, 3.63) is 75.1 Å². The maximum atomic E-state index is 12.6. The van der Waals surface area contributed by atoms with E-state index in [1.807, 2.05) is 65.4 Å². The summed E-state index contributed by atoms with van der Waals surface area (Å²) in [5.74, 6) is -0.790. The van der Waals surface area contributed by atoms with Gasteiger partial charge in [0.25, 0.3) is 5.91 Å². The van der Waals surface area contributed by atoms with E-state index in [4.69, 9.17) is 4.74 Å². The lowest BCUT2D eigenvalue weighted by molar-refractivity contribution is -0.141. The Morgan fingerprint density at radius 2 is 1.73 bits per heavy atom. The summed E-state index contributed by atoms with van der Waals surface area (Å²) in [6.45, 7) is -0.308. The first-order chi connectivity index (χ1) is 12.6. The van der Waals surface area contributed by atoms with Crippen molar-refractivity contribution >= 4 is 51.9 Å². The number of hydrogen-bond acceptors (Lipinski definition) is 5. The van der Waals surface area contributed by atoms with Gasteiger partial charge in [0.1, 0.15) is 0 Å². The number of hydrogen-bond donors (Lipinski definition) is 0. The van der Waals surface area contributed by atoms with E-state index in [-0.39, 0.29) is 12.5 Å². The van der Waals surface area contributed by atoms with Crippen LogP contribution in [0.5, 0.6) is 0 Å². The number of likely N-dealkylation sites (N-methyl/N-ethyl adjacent to an activating group) is 1. The topological polar surface area (TPSA) is 46.6 Å². The molecule has 0 aliphatic carbocycles. The van der Waals surface area contributed by atoms with Gasteiger partial charge in [-0.3, -0.25) is 4.79 Å². The lowest BCUT2D eigenvalue weighted by Crippen LogP contribution is -2.31. The third kappa shape index (κ3) is 4.47. The van der Waals surface area contributed by atoms with Crippen LogP contribution in [0, 0.1) is 0 Å². The molecule has 0 radical (unpaired) electrons. The highest BCUT2D eigenvalue weighted by Crippen LogP contribution is 2.26. The van der Waals surface area contributed by atoms with Crippen LogP contribution in [0.1, 0.15) is 9.75 Å². The van der Waals surface area contributed by atoms with E-state index >= 15 is 0 Å². The van der Waals surface area contributed by atoms with Crippen LogP contribution in [0.15, 0.2) is 65.4 Å². The summed E-state index contributed by atoms with van der Waals surface area (Å²) in [7, 11) is 1.66. The Morgan fingerprint density at radius 1 is 1.00 bits per heavy atom. The van der Waals surface area contributed by atoms with Gasteiger partial charge in [0, 0.05) is 22.5 Å². The second-order valence-electron chi connectivity index (χ2n) is 5.42. The van der Waals surface area contributed by atoms with E-state index in [0.717, 1.165) is 15.4 Å². The molecule has 0 unspecified atom stereocenters. The van der Waals surface area contributed by atoms with Crippen LogP contribution in [-0.4, -0.2) is 25.5 Å². The molecule has 3 aromatic rings. The van der Waals surface area contributed by atoms with Gasteiger partial charge in [-0.2, -0.15) is 0 Å². The van der Waals surface area contributed by atoms with Crippen molar-refractivity contribution in [2.75, 3.05) is 18.6 Å². The van der Waals surface area contributed by atoms with Crippen molar-refractivity contribution in [3.63, 3.8) is 0 Å². The fourth-order valence-electron chi connectivity index (χ4n) is 2.28. The molecule has 0 aliphatic rings. The molecule has 0 saturated heterocycles. The van der Waals surface area contributed by atoms with Gasteiger partial charge in [-0.05, 0) is 41.1 Å². The Labute approximate surface area is 160 Å². The number of esters is 1. The van der Waals surface area contributed by atoms with Gasteiger partial charge in [0.15, 0.2) is 6.61 Å². The van der Waals surface area contributed by atoms with Crippen molar-refractivity contribution in [1.29, 1.82) is 0 Å². The second kappa shape index (κ2) is 8.60. The third-order valence-corrected chi connectivity index (χ3v) is 5.40. The molecule has 1 amide bonds. The molecular weight excluding hydrogens is 366 g/mol. The number of anilines is 1. The van der Waals surface area contributed by atoms with Crippen molar-refractivity contribution in [1.82, 2.24) is 0 Å². The zero-order valence-corrected chi connectivity index (χ0v) is 15.8. The molecule has 26 heavy (non-hydrogen) atoms. The normalized spacial score (nSPS) is 11.2. The molecule has 1 aromatic carbocycles. The SMILES string of the molecule is CN(C(=O)COC(=O)C(=Cc1cccs1)c1cccs1)c1ccccc1. The first-order valence-electron chi connectivity index (χ1n) is 7.93. The van der Waals surface area contributed by atoms with E-state index in [9.17, 15) is 9.59 Å². The van der Waals surface area contributed by atoms with Crippen LogP contribution in [0.4, 0.5) is 5.69 Å². The Morgan fingerprint density at radius 3 is 2.38 bits per heavy atom. The van der Waals surface area contributed by atoms with Crippen LogP contribution >= 0.6 is 22.7 Å². The van der Waals surface area contributed by atoms with E-state index < -0.39 is 5.97 Å². The van der Waals surface area contributed by atoms with Gasteiger partial charge in [0.2, 0.25) is 0 Å². The standard InChI is InChI=1S/C20H17NO3S2/c1-21(15-7-3-2-4-8-15)19(22)14-24-20(23)17(18-10-6-12-26-18)13-16-9-5-11-25-16/h2-13H,14H2,1H3. The molecular formula is C20H17NO3S2. The summed E-state index contributed by atoms with van der Waals surface area (Å²) in [6.07, 6.45) is 1.80. The Balaban J connectivity index is 1.70. The molecule has 4 nitrogen and oxygen atoms in total. The number of benzene rings is 1. The minimum atomic E-state index is -0.504. The van der Waals surface area contributed by atoms with Crippen molar-refractivity contribution < 1.29 is 14.3 Å². The van der Waals surface area contributed by atoms with Crippen LogP contribution < -0.4 is 4.90 Å². The van der Waals surface area contributed by atoms with Gasteiger partial charge in [0.05, 0.1) is 5.57 Å². The average molecular weight is 383 g/mol. The average Bonchev–Trinajstić information content (AvgIpc) is 3.37.